The number of benzene rings is 6. The zero-order chi connectivity index (χ0) is 31.7. The van der Waals surface area contributed by atoms with Crippen LogP contribution in [0.25, 0.3) is 0 Å². The first-order chi connectivity index (χ1) is 22.3. The van der Waals surface area contributed by atoms with E-state index in [1.165, 1.54) is 77.5 Å². The molecule has 222 valence electrons. The minimum absolute atomic E-state index is 0.0639. The molecule has 0 unspecified atom stereocenters. The van der Waals surface area contributed by atoms with Crippen molar-refractivity contribution in [3.05, 3.63) is 149 Å². The molecule has 2 heterocycles. The van der Waals surface area contributed by atoms with E-state index in [9.17, 15) is 0 Å². The number of hydrogen-bond acceptors (Lipinski definition) is 2. The van der Waals surface area contributed by atoms with E-state index < -0.39 is 0 Å². The third-order valence-electron chi connectivity index (χ3n) is 10.0. The Labute approximate surface area is 273 Å². The lowest BCUT2D eigenvalue weighted by Crippen LogP contribution is -2.62. The number of ether oxygens (including phenoxy) is 1. The minimum Gasteiger partial charge on any atom is -0.458 e. The molecular weight excluding hydrogens is 556 g/mol. The smallest absolute Gasteiger partial charge is 0.251 e. The van der Waals surface area contributed by atoms with Gasteiger partial charge in [-0.25, -0.2) is 0 Å². The van der Waals surface area contributed by atoms with Crippen molar-refractivity contribution in [3.8, 4) is 11.5 Å². The molecular formula is C42H37B2NO. The predicted octanol–water partition coefficient (Wildman–Crippen LogP) is 6.46. The summed E-state index contributed by atoms with van der Waals surface area (Å²) in [6, 6.07) is 42.5. The van der Waals surface area contributed by atoms with Crippen LogP contribution in [0.3, 0.4) is 0 Å². The van der Waals surface area contributed by atoms with E-state index in [1.807, 2.05) is 0 Å². The normalized spacial score (nSPS) is 13.0. The van der Waals surface area contributed by atoms with Crippen molar-refractivity contribution in [1.82, 2.24) is 0 Å². The van der Waals surface area contributed by atoms with Gasteiger partial charge in [0.25, 0.3) is 6.71 Å². The minimum atomic E-state index is 0.0639. The van der Waals surface area contributed by atoms with Crippen LogP contribution in [-0.4, -0.2) is 13.4 Å². The van der Waals surface area contributed by atoms with E-state index >= 15 is 0 Å². The van der Waals surface area contributed by atoms with Crippen LogP contribution in [0.5, 0.6) is 11.5 Å². The molecule has 0 aliphatic carbocycles. The standard InChI is InChI=1S/C42H37B2NO/c1-26-20-28(3)41(29(4)21-26)43-33-16-10-12-18-37(33)45(32-14-8-7-9-15-32)38-25-40-36(24-35(38)43)44(34-17-11-13-19-39(34)46-40)42-30(5)22-27(2)23-31(42)6/h7-25H,1-6H3. The average molecular weight is 593 g/mol. The zero-order valence-electron chi connectivity index (χ0n) is 27.5. The van der Waals surface area contributed by atoms with Gasteiger partial charge in [0.05, 0.1) is 0 Å². The maximum Gasteiger partial charge on any atom is 0.251 e. The number of nitrogens with zero attached hydrogens (tertiary/aromatic N) is 1. The summed E-state index contributed by atoms with van der Waals surface area (Å²) in [5, 5.41) is 0. The fourth-order valence-corrected chi connectivity index (χ4v) is 8.44. The Morgan fingerprint density at radius 1 is 0.435 bits per heavy atom. The van der Waals surface area contributed by atoms with E-state index in [0.29, 0.717) is 0 Å². The molecule has 0 bridgehead atoms. The molecule has 6 aromatic rings. The van der Waals surface area contributed by atoms with Gasteiger partial charge in [-0.05, 0) is 87.7 Å². The summed E-state index contributed by atoms with van der Waals surface area (Å²) in [4.78, 5) is 2.43. The highest BCUT2D eigenvalue weighted by Crippen LogP contribution is 2.39. The third kappa shape index (κ3) is 4.42. The molecule has 0 radical (unpaired) electrons. The van der Waals surface area contributed by atoms with E-state index in [-0.39, 0.29) is 13.4 Å². The SMILES string of the molecule is Cc1cc(C)c(B2c3ccccc3Oc3cc4c(cc32)B(c2c(C)cc(C)cc2C)c2ccccc2N4c2ccccc2)c(C)c1. The highest BCUT2D eigenvalue weighted by molar-refractivity contribution is 7.00. The van der Waals surface area contributed by atoms with Gasteiger partial charge in [-0.2, -0.15) is 0 Å². The van der Waals surface area contributed by atoms with Crippen LogP contribution in [-0.2, 0) is 0 Å². The molecule has 0 fully saturated rings. The molecule has 0 aromatic heterocycles. The first kappa shape index (κ1) is 28.5. The summed E-state index contributed by atoms with van der Waals surface area (Å²) >= 11 is 0. The van der Waals surface area contributed by atoms with Gasteiger partial charge in [-0.15, -0.1) is 0 Å². The average Bonchev–Trinajstić information content (AvgIpc) is 3.03. The second-order valence-electron chi connectivity index (χ2n) is 13.3. The molecule has 2 nitrogen and oxygen atoms in total. The fraction of sp³-hybridized carbons (Fsp3) is 0.143. The number of aryl methyl sites for hydroxylation is 6. The second kappa shape index (κ2) is 10.8. The van der Waals surface area contributed by atoms with Crippen LogP contribution in [0, 0.1) is 41.5 Å². The van der Waals surface area contributed by atoms with Crippen LogP contribution < -0.4 is 42.4 Å². The highest BCUT2D eigenvalue weighted by atomic mass is 16.5. The number of fused-ring (bicyclic) bond motifs is 4. The topological polar surface area (TPSA) is 12.5 Å². The summed E-state index contributed by atoms with van der Waals surface area (Å²) < 4.78 is 6.85. The zero-order valence-corrected chi connectivity index (χ0v) is 27.5. The van der Waals surface area contributed by atoms with Gasteiger partial charge in [-0.1, -0.05) is 129 Å². The van der Waals surface area contributed by atoms with Gasteiger partial charge in [0, 0.05) is 23.1 Å². The van der Waals surface area contributed by atoms with Crippen LogP contribution in [0.15, 0.2) is 115 Å². The number of para-hydroxylation sites is 3. The van der Waals surface area contributed by atoms with Crippen molar-refractivity contribution in [1.29, 1.82) is 0 Å². The lowest BCUT2D eigenvalue weighted by Gasteiger charge is -2.39. The van der Waals surface area contributed by atoms with Gasteiger partial charge in [0.2, 0.25) is 6.71 Å². The Morgan fingerprint density at radius 2 is 0.957 bits per heavy atom. The van der Waals surface area contributed by atoms with Gasteiger partial charge < -0.3 is 9.64 Å². The molecule has 0 saturated carbocycles. The van der Waals surface area contributed by atoms with Crippen LogP contribution in [0.4, 0.5) is 17.1 Å². The van der Waals surface area contributed by atoms with E-state index in [4.69, 9.17) is 4.74 Å². The monoisotopic (exact) mass is 593 g/mol. The number of hydrogen-bond donors (Lipinski definition) is 0. The fourth-order valence-electron chi connectivity index (χ4n) is 8.44. The molecule has 8 rings (SSSR count). The van der Waals surface area contributed by atoms with Crippen molar-refractivity contribution in [2.45, 2.75) is 41.5 Å². The summed E-state index contributed by atoms with van der Waals surface area (Å²) in [6.45, 7) is 13.6. The Kier molecular flexibility index (Phi) is 6.72. The Hall–Kier alpha value is -4.95. The van der Waals surface area contributed by atoms with E-state index in [2.05, 4.69) is 162 Å². The summed E-state index contributed by atoms with van der Waals surface area (Å²) in [5.41, 5.74) is 19.3. The van der Waals surface area contributed by atoms with Gasteiger partial charge in [0.15, 0.2) is 0 Å². The van der Waals surface area contributed by atoms with Crippen molar-refractivity contribution in [2.75, 3.05) is 4.90 Å². The molecule has 0 spiro atoms. The summed E-state index contributed by atoms with van der Waals surface area (Å²) in [6.07, 6.45) is 0. The van der Waals surface area contributed by atoms with E-state index in [0.717, 1.165) is 17.2 Å². The van der Waals surface area contributed by atoms with Crippen molar-refractivity contribution < 1.29 is 4.74 Å². The van der Waals surface area contributed by atoms with Crippen molar-refractivity contribution >= 4 is 63.3 Å². The predicted molar refractivity (Wildman–Crippen MR) is 198 cm³/mol. The molecule has 2 aliphatic rings. The van der Waals surface area contributed by atoms with Crippen molar-refractivity contribution in [2.24, 2.45) is 0 Å². The largest absolute Gasteiger partial charge is 0.458 e. The first-order valence-corrected chi connectivity index (χ1v) is 16.3. The van der Waals surface area contributed by atoms with Crippen LogP contribution >= 0.6 is 0 Å². The molecule has 4 heteroatoms. The lowest BCUT2D eigenvalue weighted by atomic mass is 9.31. The Morgan fingerprint density at radius 3 is 1.59 bits per heavy atom. The lowest BCUT2D eigenvalue weighted by molar-refractivity contribution is 0.488. The maximum atomic E-state index is 6.85. The molecule has 0 amide bonds. The molecule has 0 atom stereocenters. The Balaban J connectivity index is 1.47. The molecule has 0 N–H and O–H groups in total. The maximum absolute atomic E-state index is 6.85. The second-order valence-corrected chi connectivity index (χ2v) is 13.3. The molecule has 46 heavy (non-hydrogen) atoms. The van der Waals surface area contributed by atoms with Gasteiger partial charge in [-0.3, -0.25) is 0 Å². The Bertz CT molecular complexity index is 2120. The summed E-state index contributed by atoms with van der Waals surface area (Å²) in [5.74, 6) is 1.86. The van der Waals surface area contributed by atoms with Gasteiger partial charge in [0.1, 0.15) is 11.5 Å². The number of rotatable bonds is 3. The highest BCUT2D eigenvalue weighted by Gasteiger charge is 2.41. The number of anilines is 3. The van der Waals surface area contributed by atoms with Crippen LogP contribution in [0.1, 0.15) is 33.4 Å². The van der Waals surface area contributed by atoms with Crippen molar-refractivity contribution in [3.63, 3.8) is 0 Å². The van der Waals surface area contributed by atoms with E-state index in [1.54, 1.807) is 0 Å². The summed E-state index contributed by atoms with van der Waals surface area (Å²) in [7, 11) is 0. The van der Waals surface area contributed by atoms with Crippen LogP contribution in [0.2, 0.25) is 0 Å². The first-order valence-electron chi connectivity index (χ1n) is 16.3. The quantitative estimate of drug-likeness (QED) is 0.218. The third-order valence-corrected chi connectivity index (χ3v) is 10.0. The molecule has 2 aliphatic heterocycles. The molecule has 6 aromatic carbocycles. The molecule has 0 saturated heterocycles. The van der Waals surface area contributed by atoms with Gasteiger partial charge >= 0.3 is 0 Å².